The second kappa shape index (κ2) is 5.91. The summed E-state index contributed by atoms with van der Waals surface area (Å²) in [5, 5.41) is 13.6. The van der Waals surface area contributed by atoms with Crippen LogP contribution in [0.15, 0.2) is 18.2 Å². The molecule has 1 aliphatic carbocycles. The molecule has 1 amide bonds. The van der Waals surface area contributed by atoms with E-state index in [0.29, 0.717) is 15.6 Å². The summed E-state index contributed by atoms with van der Waals surface area (Å²) < 4.78 is 0. The number of carbonyl (C=O) groups is 1. The molecule has 1 unspecified atom stereocenters. The Morgan fingerprint density at radius 3 is 2.72 bits per heavy atom. The molecule has 98 valence electrons. The smallest absolute Gasteiger partial charge is 0.223 e. The van der Waals surface area contributed by atoms with Crippen molar-refractivity contribution in [2.45, 2.75) is 25.4 Å². The minimum atomic E-state index is -0.807. The molecule has 0 bridgehead atoms. The van der Waals surface area contributed by atoms with Gasteiger partial charge in [0.1, 0.15) is 0 Å². The number of aliphatic hydroxyl groups excluding tert-OH is 1. The summed E-state index contributed by atoms with van der Waals surface area (Å²) in [6.07, 6.45) is 2.20. The van der Waals surface area contributed by atoms with Crippen molar-refractivity contribution in [3.8, 4) is 0 Å². The molecule has 1 saturated carbocycles. The first-order valence-electron chi connectivity index (χ1n) is 5.98. The number of carbonyl (C=O) groups excluding carboxylic acids is 1. The first kappa shape index (κ1) is 13.7. The Labute approximate surface area is 116 Å². The van der Waals surface area contributed by atoms with Crippen molar-refractivity contribution in [2.24, 2.45) is 5.92 Å². The first-order chi connectivity index (χ1) is 8.58. The van der Waals surface area contributed by atoms with Crippen LogP contribution in [0.2, 0.25) is 10.0 Å². The van der Waals surface area contributed by atoms with E-state index in [-0.39, 0.29) is 18.4 Å². The molecule has 0 radical (unpaired) electrons. The molecule has 0 heterocycles. The molecule has 2 N–H and O–H groups in total. The van der Waals surface area contributed by atoms with Gasteiger partial charge in [0.2, 0.25) is 5.91 Å². The third-order valence-corrected chi connectivity index (χ3v) is 3.83. The third-order valence-electron chi connectivity index (χ3n) is 3.27. The van der Waals surface area contributed by atoms with Crippen LogP contribution < -0.4 is 5.32 Å². The van der Waals surface area contributed by atoms with Gasteiger partial charge in [-0.2, -0.15) is 0 Å². The maximum absolute atomic E-state index is 11.6. The normalized spacial score (nSPS) is 17.1. The number of hydrogen-bond acceptors (Lipinski definition) is 2. The monoisotopic (exact) mass is 287 g/mol. The number of hydrogen-bond donors (Lipinski definition) is 2. The van der Waals surface area contributed by atoms with Crippen LogP contribution in [0.5, 0.6) is 0 Å². The van der Waals surface area contributed by atoms with E-state index in [9.17, 15) is 9.90 Å². The van der Waals surface area contributed by atoms with Crippen molar-refractivity contribution < 1.29 is 9.90 Å². The Bertz CT molecular complexity index is 447. The van der Waals surface area contributed by atoms with Crippen molar-refractivity contribution in [1.29, 1.82) is 0 Å². The SMILES string of the molecule is O=C(NCC(O)c1ccc(Cl)cc1Cl)C1CCC1. The van der Waals surface area contributed by atoms with Crippen LogP contribution in [-0.2, 0) is 4.79 Å². The van der Waals surface area contributed by atoms with E-state index in [4.69, 9.17) is 23.2 Å². The fourth-order valence-electron chi connectivity index (χ4n) is 1.89. The average Bonchev–Trinajstić information content (AvgIpc) is 2.23. The van der Waals surface area contributed by atoms with Gasteiger partial charge in [-0.1, -0.05) is 35.7 Å². The standard InChI is InChI=1S/C13H15Cl2NO2/c14-9-4-5-10(11(15)6-9)12(17)7-16-13(18)8-2-1-3-8/h4-6,8,12,17H,1-3,7H2,(H,16,18). The van der Waals surface area contributed by atoms with E-state index in [1.54, 1.807) is 18.2 Å². The van der Waals surface area contributed by atoms with Crippen LogP contribution >= 0.6 is 23.2 Å². The Kier molecular flexibility index (Phi) is 4.49. The van der Waals surface area contributed by atoms with Crippen molar-refractivity contribution in [1.82, 2.24) is 5.32 Å². The maximum Gasteiger partial charge on any atom is 0.223 e. The maximum atomic E-state index is 11.6. The average molecular weight is 288 g/mol. The van der Waals surface area contributed by atoms with E-state index < -0.39 is 6.10 Å². The van der Waals surface area contributed by atoms with E-state index >= 15 is 0 Å². The second-order valence-electron chi connectivity index (χ2n) is 4.55. The van der Waals surface area contributed by atoms with Gasteiger partial charge in [-0.25, -0.2) is 0 Å². The molecule has 0 saturated heterocycles. The highest BCUT2D eigenvalue weighted by Crippen LogP contribution is 2.28. The van der Waals surface area contributed by atoms with E-state index in [0.717, 1.165) is 19.3 Å². The summed E-state index contributed by atoms with van der Waals surface area (Å²) in [4.78, 5) is 11.6. The summed E-state index contributed by atoms with van der Waals surface area (Å²) in [5.74, 6) is 0.142. The zero-order valence-electron chi connectivity index (χ0n) is 9.83. The largest absolute Gasteiger partial charge is 0.387 e. The molecule has 0 aliphatic heterocycles. The van der Waals surface area contributed by atoms with Crippen molar-refractivity contribution in [2.75, 3.05) is 6.54 Å². The molecule has 3 nitrogen and oxygen atoms in total. The highest BCUT2D eigenvalue weighted by molar-refractivity contribution is 6.35. The van der Waals surface area contributed by atoms with Gasteiger partial charge in [-0.15, -0.1) is 0 Å². The number of halogens is 2. The molecule has 1 aromatic rings. The zero-order valence-corrected chi connectivity index (χ0v) is 11.3. The van der Waals surface area contributed by atoms with E-state index in [1.807, 2.05) is 0 Å². The van der Waals surface area contributed by atoms with Gasteiger partial charge in [0.05, 0.1) is 6.10 Å². The summed E-state index contributed by atoms with van der Waals surface area (Å²) in [6, 6.07) is 4.92. The van der Waals surface area contributed by atoms with Gasteiger partial charge < -0.3 is 10.4 Å². The Balaban J connectivity index is 1.90. The van der Waals surface area contributed by atoms with Gasteiger partial charge >= 0.3 is 0 Å². The highest BCUT2D eigenvalue weighted by Gasteiger charge is 2.25. The molecule has 1 aliphatic rings. The molecule has 2 rings (SSSR count). The molecule has 1 fully saturated rings. The summed E-state index contributed by atoms with van der Waals surface area (Å²) in [5.41, 5.74) is 0.579. The third kappa shape index (κ3) is 3.16. The predicted molar refractivity (Wildman–Crippen MR) is 71.8 cm³/mol. The van der Waals surface area contributed by atoms with Crippen LogP contribution in [0.25, 0.3) is 0 Å². The Morgan fingerprint density at radius 1 is 1.44 bits per heavy atom. The van der Waals surface area contributed by atoms with Gasteiger partial charge in [-0.05, 0) is 25.0 Å². The van der Waals surface area contributed by atoms with Crippen LogP contribution in [0.3, 0.4) is 0 Å². The minimum Gasteiger partial charge on any atom is -0.387 e. The van der Waals surface area contributed by atoms with E-state index in [2.05, 4.69) is 5.32 Å². The van der Waals surface area contributed by atoms with E-state index in [1.165, 1.54) is 0 Å². The topological polar surface area (TPSA) is 49.3 Å². The quantitative estimate of drug-likeness (QED) is 0.895. The molecule has 1 aromatic carbocycles. The van der Waals surface area contributed by atoms with Crippen LogP contribution in [0, 0.1) is 5.92 Å². The van der Waals surface area contributed by atoms with Crippen LogP contribution in [-0.4, -0.2) is 17.6 Å². The first-order valence-corrected chi connectivity index (χ1v) is 6.74. The lowest BCUT2D eigenvalue weighted by molar-refractivity contribution is -0.127. The van der Waals surface area contributed by atoms with Crippen molar-refractivity contribution in [3.63, 3.8) is 0 Å². The zero-order chi connectivity index (χ0) is 13.1. The van der Waals surface area contributed by atoms with Crippen LogP contribution in [0.1, 0.15) is 30.9 Å². The molecular weight excluding hydrogens is 273 g/mol. The molecule has 0 spiro atoms. The number of nitrogens with one attached hydrogen (secondary N) is 1. The minimum absolute atomic E-state index is 0.0189. The van der Waals surface area contributed by atoms with Crippen LogP contribution in [0.4, 0.5) is 0 Å². The van der Waals surface area contributed by atoms with Gasteiger partial charge in [0.15, 0.2) is 0 Å². The number of aliphatic hydroxyl groups is 1. The summed E-state index contributed by atoms with van der Waals surface area (Å²) >= 11 is 11.8. The van der Waals surface area contributed by atoms with Gasteiger partial charge in [0, 0.05) is 28.1 Å². The van der Waals surface area contributed by atoms with Crippen molar-refractivity contribution >= 4 is 29.1 Å². The Morgan fingerprint density at radius 2 is 2.17 bits per heavy atom. The highest BCUT2D eigenvalue weighted by atomic mass is 35.5. The Hall–Kier alpha value is -0.770. The molecule has 18 heavy (non-hydrogen) atoms. The lowest BCUT2D eigenvalue weighted by atomic mass is 9.85. The lowest BCUT2D eigenvalue weighted by Gasteiger charge is -2.24. The second-order valence-corrected chi connectivity index (χ2v) is 5.40. The molecule has 5 heteroatoms. The number of benzene rings is 1. The van der Waals surface area contributed by atoms with Gasteiger partial charge in [0.25, 0.3) is 0 Å². The fourth-order valence-corrected chi connectivity index (χ4v) is 2.43. The van der Waals surface area contributed by atoms with Crippen molar-refractivity contribution in [3.05, 3.63) is 33.8 Å². The predicted octanol–water partition coefficient (Wildman–Crippen LogP) is 2.94. The summed E-state index contributed by atoms with van der Waals surface area (Å²) in [7, 11) is 0. The number of amides is 1. The fraction of sp³-hybridized carbons (Fsp3) is 0.462. The molecule has 0 aromatic heterocycles. The molecule has 1 atom stereocenters. The summed E-state index contributed by atoms with van der Waals surface area (Å²) in [6.45, 7) is 0.177. The molecular formula is C13H15Cl2NO2. The number of rotatable bonds is 4. The van der Waals surface area contributed by atoms with Gasteiger partial charge in [-0.3, -0.25) is 4.79 Å². The lowest BCUT2D eigenvalue weighted by Crippen LogP contribution is -2.36.